The molecule has 0 saturated heterocycles. The second-order valence-electron chi connectivity index (χ2n) is 2.44. The zero-order chi connectivity index (χ0) is 9.52. The molecule has 1 rings (SSSR count). The Bertz CT molecular complexity index is 295. The number of nitrogens with zero attached hydrogens (tertiary/aromatic N) is 1. The van der Waals surface area contributed by atoms with Gasteiger partial charge in [0.05, 0.1) is 5.71 Å². The van der Waals surface area contributed by atoms with Crippen molar-refractivity contribution in [2.45, 2.75) is 6.92 Å². The molecule has 0 aliphatic rings. The van der Waals surface area contributed by atoms with Gasteiger partial charge in [-0.3, -0.25) is 10.2 Å². The van der Waals surface area contributed by atoms with Crippen molar-refractivity contribution in [1.29, 1.82) is 0 Å². The second kappa shape index (κ2) is 4.92. The predicted octanol–water partition coefficient (Wildman–Crippen LogP) is 0.661. The SMILES string of the molecule is CC(=NNNC=O)c1ccccc1. The van der Waals surface area contributed by atoms with Crippen LogP contribution >= 0.6 is 0 Å². The summed E-state index contributed by atoms with van der Waals surface area (Å²) in [5.74, 6) is 0. The average Bonchev–Trinajstić information content (AvgIpc) is 2.19. The van der Waals surface area contributed by atoms with E-state index in [1.54, 1.807) is 0 Å². The summed E-state index contributed by atoms with van der Waals surface area (Å²) in [7, 11) is 0. The van der Waals surface area contributed by atoms with Crippen molar-refractivity contribution in [1.82, 2.24) is 11.0 Å². The quantitative estimate of drug-likeness (QED) is 0.307. The Balaban J connectivity index is 2.62. The van der Waals surface area contributed by atoms with Gasteiger partial charge in [-0.25, -0.2) is 5.53 Å². The van der Waals surface area contributed by atoms with Crippen LogP contribution in [0.25, 0.3) is 0 Å². The number of rotatable bonds is 4. The lowest BCUT2D eigenvalue weighted by Gasteiger charge is -2.00. The summed E-state index contributed by atoms with van der Waals surface area (Å²) in [4.78, 5) is 9.88. The van der Waals surface area contributed by atoms with Crippen molar-refractivity contribution < 1.29 is 4.79 Å². The Kier molecular flexibility index (Phi) is 3.50. The molecule has 1 amide bonds. The number of benzene rings is 1. The number of carbonyl (C=O) groups excluding carboxylic acids is 1. The van der Waals surface area contributed by atoms with E-state index in [9.17, 15) is 4.79 Å². The fraction of sp³-hybridized carbons (Fsp3) is 0.111. The van der Waals surface area contributed by atoms with Gasteiger partial charge < -0.3 is 0 Å². The third-order valence-electron chi connectivity index (χ3n) is 1.54. The van der Waals surface area contributed by atoms with Crippen molar-refractivity contribution in [2.75, 3.05) is 0 Å². The van der Waals surface area contributed by atoms with Crippen LogP contribution in [-0.4, -0.2) is 12.1 Å². The number of carbonyl (C=O) groups is 1. The molecule has 0 aliphatic carbocycles. The first kappa shape index (κ1) is 9.25. The summed E-state index contributed by atoms with van der Waals surface area (Å²) in [6, 6.07) is 9.69. The fourth-order valence-corrected chi connectivity index (χ4v) is 0.886. The molecule has 0 aromatic heterocycles. The van der Waals surface area contributed by atoms with Gasteiger partial charge in [-0.05, 0) is 12.5 Å². The average molecular weight is 177 g/mol. The molecule has 0 heterocycles. The van der Waals surface area contributed by atoms with Gasteiger partial charge in [0, 0.05) is 0 Å². The third kappa shape index (κ3) is 2.94. The van der Waals surface area contributed by atoms with E-state index in [1.165, 1.54) is 0 Å². The summed E-state index contributed by atoms with van der Waals surface area (Å²) in [6.07, 6.45) is 0.530. The van der Waals surface area contributed by atoms with Gasteiger partial charge in [0.25, 0.3) is 0 Å². The maximum Gasteiger partial charge on any atom is 0.226 e. The Hall–Kier alpha value is -1.84. The summed E-state index contributed by atoms with van der Waals surface area (Å²) >= 11 is 0. The first-order valence-corrected chi connectivity index (χ1v) is 3.88. The summed E-state index contributed by atoms with van der Waals surface area (Å²) in [5, 5.41) is 3.91. The van der Waals surface area contributed by atoms with Gasteiger partial charge in [-0.2, -0.15) is 5.10 Å². The van der Waals surface area contributed by atoms with Crippen LogP contribution in [0.5, 0.6) is 0 Å². The van der Waals surface area contributed by atoms with Crippen LogP contribution < -0.4 is 11.0 Å². The number of hydrazine groups is 1. The molecule has 0 bridgehead atoms. The van der Waals surface area contributed by atoms with Gasteiger partial charge in [0.1, 0.15) is 0 Å². The molecule has 2 N–H and O–H groups in total. The van der Waals surface area contributed by atoms with Gasteiger partial charge in [-0.1, -0.05) is 30.3 Å². The Morgan fingerprint density at radius 3 is 2.69 bits per heavy atom. The van der Waals surface area contributed by atoms with Crippen LogP contribution in [0.15, 0.2) is 35.4 Å². The van der Waals surface area contributed by atoms with Crippen molar-refractivity contribution in [3.8, 4) is 0 Å². The minimum atomic E-state index is 0.530. The zero-order valence-corrected chi connectivity index (χ0v) is 7.32. The Morgan fingerprint density at radius 1 is 1.38 bits per heavy atom. The molecular formula is C9H11N3O. The van der Waals surface area contributed by atoms with Crippen molar-refractivity contribution in [3.05, 3.63) is 35.9 Å². The van der Waals surface area contributed by atoms with Crippen molar-refractivity contribution in [2.24, 2.45) is 5.10 Å². The molecule has 0 atom stereocenters. The van der Waals surface area contributed by atoms with E-state index in [1.807, 2.05) is 37.3 Å². The van der Waals surface area contributed by atoms with E-state index in [0.717, 1.165) is 11.3 Å². The minimum Gasteiger partial charge on any atom is -0.277 e. The molecule has 0 unspecified atom stereocenters. The van der Waals surface area contributed by atoms with E-state index < -0.39 is 0 Å². The first-order chi connectivity index (χ1) is 6.34. The van der Waals surface area contributed by atoms with Crippen molar-refractivity contribution >= 4 is 12.1 Å². The van der Waals surface area contributed by atoms with E-state index in [2.05, 4.69) is 16.1 Å². The number of amides is 1. The Morgan fingerprint density at radius 2 is 2.08 bits per heavy atom. The molecule has 0 aliphatic heterocycles. The number of hydrogen-bond acceptors (Lipinski definition) is 3. The summed E-state index contributed by atoms with van der Waals surface area (Å²) in [6.45, 7) is 1.86. The topological polar surface area (TPSA) is 53.5 Å². The Labute approximate surface area is 76.6 Å². The molecule has 68 valence electrons. The zero-order valence-electron chi connectivity index (χ0n) is 7.32. The van der Waals surface area contributed by atoms with Gasteiger partial charge in [-0.15, -0.1) is 0 Å². The maximum atomic E-state index is 9.88. The van der Waals surface area contributed by atoms with Crippen molar-refractivity contribution in [3.63, 3.8) is 0 Å². The van der Waals surface area contributed by atoms with Gasteiger partial charge in [0.2, 0.25) is 6.41 Å². The van der Waals surface area contributed by atoms with Crippen LogP contribution in [0, 0.1) is 0 Å². The molecular weight excluding hydrogens is 166 g/mol. The third-order valence-corrected chi connectivity index (χ3v) is 1.54. The smallest absolute Gasteiger partial charge is 0.226 e. The highest BCUT2D eigenvalue weighted by Gasteiger charge is 1.93. The van der Waals surface area contributed by atoms with E-state index in [-0.39, 0.29) is 0 Å². The maximum absolute atomic E-state index is 9.88. The lowest BCUT2D eigenvalue weighted by molar-refractivity contribution is -0.110. The molecule has 13 heavy (non-hydrogen) atoms. The van der Waals surface area contributed by atoms with Gasteiger partial charge in [0.15, 0.2) is 0 Å². The van der Waals surface area contributed by atoms with Crippen LogP contribution in [0.4, 0.5) is 0 Å². The molecule has 0 saturated carbocycles. The number of hydrogen-bond donors (Lipinski definition) is 2. The summed E-state index contributed by atoms with van der Waals surface area (Å²) in [5.41, 5.74) is 6.47. The van der Waals surface area contributed by atoms with Gasteiger partial charge >= 0.3 is 0 Å². The number of nitrogens with one attached hydrogen (secondary N) is 2. The second-order valence-corrected chi connectivity index (χ2v) is 2.44. The highest BCUT2D eigenvalue weighted by molar-refractivity contribution is 5.98. The molecule has 1 aromatic carbocycles. The van der Waals surface area contributed by atoms with E-state index >= 15 is 0 Å². The lowest BCUT2D eigenvalue weighted by atomic mass is 10.1. The monoisotopic (exact) mass is 177 g/mol. The normalized spacial score (nSPS) is 10.7. The highest BCUT2D eigenvalue weighted by atomic mass is 16.1. The molecule has 0 radical (unpaired) electrons. The number of hydrazone groups is 1. The molecule has 0 fully saturated rings. The van der Waals surface area contributed by atoms with Crippen LogP contribution in [-0.2, 0) is 4.79 Å². The lowest BCUT2D eigenvalue weighted by Crippen LogP contribution is -2.26. The largest absolute Gasteiger partial charge is 0.277 e. The fourth-order valence-electron chi connectivity index (χ4n) is 0.886. The molecule has 4 nitrogen and oxygen atoms in total. The predicted molar refractivity (Wildman–Crippen MR) is 51.0 cm³/mol. The highest BCUT2D eigenvalue weighted by Crippen LogP contribution is 1.99. The molecule has 4 heteroatoms. The van der Waals surface area contributed by atoms with Crippen LogP contribution in [0.1, 0.15) is 12.5 Å². The van der Waals surface area contributed by atoms with Crippen LogP contribution in [0.3, 0.4) is 0 Å². The minimum absolute atomic E-state index is 0.530. The standard InChI is InChI=1S/C9H11N3O/c1-8(11-12-10-7-13)9-5-3-2-4-6-9/h2-7,12H,1H3,(H,10,13). The van der Waals surface area contributed by atoms with Crippen LogP contribution in [0.2, 0.25) is 0 Å². The summed E-state index contributed by atoms with van der Waals surface area (Å²) < 4.78 is 0. The van der Waals surface area contributed by atoms with E-state index in [4.69, 9.17) is 0 Å². The molecule has 0 spiro atoms. The molecule has 1 aromatic rings. The first-order valence-electron chi connectivity index (χ1n) is 3.88. The van der Waals surface area contributed by atoms with E-state index in [0.29, 0.717) is 6.41 Å².